The average molecular weight is 342 g/mol. The van der Waals surface area contributed by atoms with E-state index in [9.17, 15) is 9.59 Å². The minimum atomic E-state index is -0.872. The van der Waals surface area contributed by atoms with E-state index in [1.54, 1.807) is 24.3 Å². The maximum Gasteiger partial charge on any atom is 0.338 e. The Morgan fingerprint density at radius 2 is 2.20 bits per heavy atom. The van der Waals surface area contributed by atoms with Gasteiger partial charge in [-0.2, -0.15) is 0 Å². The van der Waals surface area contributed by atoms with E-state index in [0.717, 1.165) is 0 Å². The summed E-state index contributed by atoms with van der Waals surface area (Å²) in [5.41, 5.74) is 0.334. The fraction of sp³-hybridized carbons (Fsp3) is 0.286. The van der Waals surface area contributed by atoms with E-state index in [2.05, 4.69) is 27.8 Å². The Morgan fingerprint density at radius 3 is 2.75 bits per heavy atom. The summed E-state index contributed by atoms with van der Waals surface area (Å²) < 4.78 is 10.8. The molecule has 1 amide bonds. The van der Waals surface area contributed by atoms with Gasteiger partial charge in [-0.25, -0.2) is 4.79 Å². The second-order valence-electron chi connectivity index (χ2n) is 3.93. The number of esters is 1. The molecule has 0 bridgehead atoms. The monoisotopic (exact) mass is 341 g/mol. The minimum Gasteiger partial charge on any atom is -0.496 e. The maximum atomic E-state index is 11.9. The van der Waals surface area contributed by atoms with Gasteiger partial charge in [0.05, 0.1) is 17.1 Å². The van der Waals surface area contributed by atoms with Crippen molar-refractivity contribution >= 4 is 27.8 Å². The van der Waals surface area contributed by atoms with E-state index in [4.69, 9.17) is 9.47 Å². The lowest BCUT2D eigenvalue weighted by Gasteiger charge is -2.13. The summed E-state index contributed by atoms with van der Waals surface area (Å²) >= 11 is 3.28. The second kappa shape index (κ2) is 7.69. The SMILES string of the molecule is C=CCNC(=O)[C@@H](C)OC(=O)c1ccc(OC)c(Br)c1. The molecule has 5 nitrogen and oxygen atoms in total. The van der Waals surface area contributed by atoms with Crippen LogP contribution in [0.4, 0.5) is 0 Å². The Bertz CT molecular complexity index is 516. The van der Waals surface area contributed by atoms with Crippen LogP contribution in [0.3, 0.4) is 0 Å². The molecular weight excluding hydrogens is 326 g/mol. The number of halogens is 1. The summed E-state index contributed by atoms with van der Waals surface area (Å²) in [6.07, 6.45) is 0.677. The van der Waals surface area contributed by atoms with Crippen molar-refractivity contribution in [2.75, 3.05) is 13.7 Å². The molecule has 1 atom stereocenters. The van der Waals surface area contributed by atoms with Crippen LogP contribution in [0.5, 0.6) is 5.75 Å². The highest BCUT2D eigenvalue weighted by Crippen LogP contribution is 2.25. The summed E-state index contributed by atoms with van der Waals surface area (Å²) in [5, 5.41) is 2.56. The largest absolute Gasteiger partial charge is 0.496 e. The van der Waals surface area contributed by atoms with Crippen molar-refractivity contribution in [3.05, 3.63) is 40.9 Å². The van der Waals surface area contributed by atoms with E-state index in [1.165, 1.54) is 14.0 Å². The first-order valence-corrected chi connectivity index (χ1v) is 6.72. The quantitative estimate of drug-likeness (QED) is 0.637. The van der Waals surface area contributed by atoms with Gasteiger partial charge in [-0.3, -0.25) is 4.79 Å². The van der Waals surface area contributed by atoms with E-state index in [0.29, 0.717) is 22.3 Å². The maximum absolute atomic E-state index is 11.9. The van der Waals surface area contributed by atoms with Crippen LogP contribution in [-0.2, 0) is 9.53 Å². The van der Waals surface area contributed by atoms with Crippen LogP contribution in [0.1, 0.15) is 17.3 Å². The lowest BCUT2D eigenvalue weighted by Crippen LogP contribution is -2.35. The van der Waals surface area contributed by atoms with Crippen molar-refractivity contribution in [2.45, 2.75) is 13.0 Å². The fourth-order valence-electron chi connectivity index (χ4n) is 1.39. The van der Waals surface area contributed by atoms with Gasteiger partial charge in [0.2, 0.25) is 0 Å². The smallest absolute Gasteiger partial charge is 0.338 e. The third-order valence-electron chi connectivity index (χ3n) is 2.46. The molecular formula is C14H16BrNO4. The first-order valence-electron chi connectivity index (χ1n) is 5.92. The molecule has 0 saturated carbocycles. The summed E-state index contributed by atoms with van der Waals surface area (Å²) in [4.78, 5) is 23.5. The molecule has 0 aliphatic heterocycles. The van der Waals surface area contributed by atoms with Gasteiger partial charge >= 0.3 is 5.97 Å². The highest BCUT2D eigenvalue weighted by atomic mass is 79.9. The van der Waals surface area contributed by atoms with Crippen LogP contribution in [-0.4, -0.2) is 31.6 Å². The number of hydrogen-bond donors (Lipinski definition) is 1. The van der Waals surface area contributed by atoms with Gasteiger partial charge in [0, 0.05) is 6.54 Å². The molecule has 0 heterocycles. The zero-order valence-corrected chi connectivity index (χ0v) is 12.9. The number of ether oxygens (including phenoxy) is 2. The molecule has 0 aliphatic rings. The summed E-state index contributed by atoms with van der Waals surface area (Å²) in [7, 11) is 1.53. The number of methoxy groups -OCH3 is 1. The zero-order chi connectivity index (χ0) is 15.1. The normalized spacial score (nSPS) is 11.3. The number of carbonyl (C=O) groups excluding carboxylic acids is 2. The van der Waals surface area contributed by atoms with Gasteiger partial charge in [0.25, 0.3) is 5.91 Å². The van der Waals surface area contributed by atoms with E-state index < -0.39 is 12.1 Å². The minimum absolute atomic E-state index is 0.328. The number of rotatable bonds is 6. The van der Waals surface area contributed by atoms with Crippen LogP contribution in [0.2, 0.25) is 0 Å². The highest BCUT2D eigenvalue weighted by molar-refractivity contribution is 9.10. The molecule has 20 heavy (non-hydrogen) atoms. The summed E-state index contributed by atoms with van der Waals surface area (Å²) in [6.45, 7) is 5.32. The van der Waals surface area contributed by atoms with Gasteiger partial charge in [0.1, 0.15) is 5.75 Å². The van der Waals surface area contributed by atoms with Gasteiger partial charge in [-0.05, 0) is 41.1 Å². The van der Waals surface area contributed by atoms with Gasteiger partial charge in [-0.15, -0.1) is 6.58 Å². The fourth-order valence-corrected chi connectivity index (χ4v) is 1.93. The van der Waals surface area contributed by atoms with E-state index in [1.807, 2.05) is 0 Å². The molecule has 1 N–H and O–H groups in total. The van der Waals surface area contributed by atoms with Crippen molar-refractivity contribution in [1.82, 2.24) is 5.32 Å². The summed E-state index contributed by atoms with van der Waals surface area (Å²) in [5.74, 6) is -0.334. The molecule has 0 fully saturated rings. The van der Waals surface area contributed by atoms with Crippen molar-refractivity contribution in [3.63, 3.8) is 0 Å². The molecule has 0 radical (unpaired) electrons. The zero-order valence-electron chi connectivity index (χ0n) is 11.3. The molecule has 1 rings (SSSR count). The van der Waals surface area contributed by atoms with E-state index >= 15 is 0 Å². The molecule has 0 aliphatic carbocycles. The first kappa shape index (κ1) is 16.2. The molecule has 1 aromatic carbocycles. The lowest BCUT2D eigenvalue weighted by atomic mass is 10.2. The van der Waals surface area contributed by atoms with Crippen LogP contribution in [0, 0.1) is 0 Å². The summed E-state index contributed by atoms with van der Waals surface area (Å²) in [6, 6.07) is 4.79. The van der Waals surface area contributed by atoms with Gasteiger partial charge < -0.3 is 14.8 Å². The van der Waals surface area contributed by atoms with Gasteiger partial charge in [-0.1, -0.05) is 6.08 Å². The standard InChI is InChI=1S/C14H16BrNO4/c1-4-7-16-13(17)9(2)20-14(18)10-5-6-12(19-3)11(15)8-10/h4-6,8-9H,1,7H2,2-3H3,(H,16,17)/t9-/m1/s1. The second-order valence-corrected chi connectivity index (χ2v) is 4.79. The predicted molar refractivity (Wildman–Crippen MR) is 78.8 cm³/mol. The Kier molecular flexibility index (Phi) is 6.24. The number of benzene rings is 1. The molecule has 0 aromatic heterocycles. The van der Waals surface area contributed by atoms with Crippen LogP contribution >= 0.6 is 15.9 Å². The van der Waals surface area contributed by atoms with Crippen molar-refractivity contribution < 1.29 is 19.1 Å². The first-order chi connectivity index (χ1) is 9.49. The predicted octanol–water partition coefficient (Wildman–Crippen LogP) is 2.31. The number of nitrogens with one attached hydrogen (secondary N) is 1. The molecule has 6 heteroatoms. The molecule has 108 valence electrons. The van der Waals surface area contributed by atoms with Crippen molar-refractivity contribution in [3.8, 4) is 5.75 Å². The molecule has 1 aromatic rings. The number of hydrogen-bond acceptors (Lipinski definition) is 4. The molecule has 0 saturated heterocycles. The van der Waals surface area contributed by atoms with Crippen molar-refractivity contribution in [2.24, 2.45) is 0 Å². The molecule has 0 spiro atoms. The Balaban J connectivity index is 2.68. The lowest BCUT2D eigenvalue weighted by molar-refractivity contribution is -0.128. The number of amides is 1. The van der Waals surface area contributed by atoms with Gasteiger partial charge in [0.15, 0.2) is 6.10 Å². The average Bonchev–Trinajstić information content (AvgIpc) is 2.44. The Labute approximate surface area is 126 Å². The van der Waals surface area contributed by atoms with E-state index in [-0.39, 0.29) is 5.91 Å². The topological polar surface area (TPSA) is 64.6 Å². The Morgan fingerprint density at radius 1 is 1.50 bits per heavy atom. The third kappa shape index (κ3) is 4.38. The van der Waals surface area contributed by atoms with Crippen LogP contribution < -0.4 is 10.1 Å². The highest BCUT2D eigenvalue weighted by Gasteiger charge is 2.18. The number of carbonyl (C=O) groups is 2. The Hall–Kier alpha value is -1.82. The third-order valence-corrected chi connectivity index (χ3v) is 3.08. The van der Waals surface area contributed by atoms with Crippen LogP contribution in [0.15, 0.2) is 35.3 Å². The van der Waals surface area contributed by atoms with Crippen LogP contribution in [0.25, 0.3) is 0 Å². The van der Waals surface area contributed by atoms with Crippen molar-refractivity contribution in [1.29, 1.82) is 0 Å². The molecule has 0 unspecified atom stereocenters.